The van der Waals surface area contributed by atoms with Crippen molar-refractivity contribution in [2.75, 3.05) is 26.2 Å². The Morgan fingerprint density at radius 1 is 1.04 bits per heavy atom. The van der Waals surface area contributed by atoms with Gasteiger partial charge in [0.1, 0.15) is 5.69 Å². The molecule has 0 N–H and O–H groups in total. The normalized spacial score (nSPS) is 20.1. The highest BCUT2D eigenvalue weighted by atomic mass is 16.2. The van der Waals surface area contributed by atoms with E-state index in [4.69, 9.17) is 0 Å². The number of hydrogen-bond acceptors (Lipinski definition) is 5. The Balaban J connectivity index is 1.33. The van der Waals surface area contributed by atoms with E-state index in [0.29, 0.717) is 11.1 Å². The second-order valence-electron chi connectivity index (χ2n) is 7.20. The van der Waals surface area contributed by atoms with Crippen LogP contribution < -0.4 is 0 Å². The maximum atomic E-state index is 12.5. The van der Waals surface area contributed by atoms with Gasteiger partial charge in [0.05, 0.1) is 6.20 Å². The van der Waals surface area contributed by atoms with Crippen molar-refractivity contribution < 1.29 is 4.79 Å². The summed E-state index contributed by atoms with van der Waals surface area (Å²) >= 11 is 0. The van der Waals surface area contributed by atoms with E-state index in [2.05, 4.69) is 25.9 Å². The van der Waals surface area contributed by atoms with Gasteiger partial charge in [-0.15, -0.1) is 0 Å². The Morgan fingerprint density at radius 3 is 2.56 bits per heavy atom. The van der Waals surface area contributed by atoms with Gasteiger partial charge in [-0.1, -0.05) is 6.07 Å². The standard InChI is InChI=1S/C19H23N5O/c25-18(17-13-21-7-8-22-17)24-10-4-19(5-11-24)3-9-23(15-19)14-16-2-1-6-20-12-16/h1-2,6-8,12-13H,3-5,9-11,14-15H2. The van der Waals surface area contributed by atoms with Crippen LogP contribution in [0.25, 0.3) is 0 Å². The summed E-state index contributed by atoms with van der Waals surface area (Å²) in [5.74, 6) is 0.00756. The molecular weight excluding hydrogens is 314 g/mol. The lowest BCUT2D eigenvalue weighted by Crippen LogP contribution is -2.44. The molecule has 0 aliphatic carbocycles. The van der Waals surface area contributed by atoms with Gasteiger partial charge < -0.3 is 4.90 Å². The smallest absolute Gasteiger partial charge is 0.274 e. The van der Waals surface area contributed by atoms with E-state index in [9.17, 15) is 4.79 Å². The van der Waals surface area contributed by atoms with E-state index in [-0.39, 0.29) is 5.91 Å². The molecule has 2 saturated heterocycles. The Labute approximate surface area is 147 Å². The molecular formula is C19H23N5O. The van der Waals surface area contributed by atoms with E-state index in [1.165, 1.54) is 12.0 Å². The molecule has 0 bridgehead atoms. The number of amides is 1. The molecule has 4 rings (SSSR count). The lowest BCUT2D eigenvalue weighted by Gasteiger charge is -2.39. The Kier molecular flexibility index (Phi) is 4.44. The molecule has 2 aliphatic heterocycles. The fourth-order valence-corrected chi connectivity index (χ4v) is 4.08. The van der Waals surface area contributed by atoms with Gasteiger partial charge in [0.2, 0.25) is 0 Å². The number of rotatable bonds is 3. The number of nitrogens with zero attached hydrogens (tertiary/aromatic N) is 5. The van der Waals surface area contributed by atoms with Crippen molar-refractivity contribution >= 4 is 5.91 Å². The summed E-state index contributed by atoms with van der Waals surface area (Å²) in [6, 6.07) is 4.14. The summed E-state index contributed by atoms with van der Waals surface area (Å²) in [6.45, 7) is 4.85. The Morgan fingerprint density at radius 2 is 1.84 bits per heavy atom. The summed E-state index contributed by atoms with van der Waals surface area (Å²) in [5.41, 5.74) is 2.08. The number of aromatic nitrogens is 3. The predicted molar refractivity (Wildman–Crippen MR) is 93.7 cm³/mol. The molecule has 4 heterocycles. The SMILES string of the molecule is O=C(c1cnccn1)N1CCC2(CCN(Cc3cccnc3)C2)CC1. The molecule has 1 amide bonds. The highest BCUT2D eigenvalue weighted by molar-refractivity contribution is 5.92. The molecule has 0 unspecified atom stereocenters. The minimum atomic E-state index is 0.00756. The fourth-order valence-electron chi connectivity index (χ4n) is 4.08. The monoisotopic (exact) mass is 337 g/mol. The van der Waals surface area contributed by atoms with Crippen LogP contribution in [-0.2, 0) is 6.54 Å². The highest BCUT2D eigenvalue weighted by Crippen LogP contribution is 2.40. The average molecular weight is 337 g/mol. The van der Waals surface area contributed by atoms with Gasteiger partial charge in [0.15, 0.2) is 0 Å². The molecule has 2 aliphatic rings. The zero-order valence-electron chi connectivity index (χ0n) is 14.3. The molecule has 0 radical (unpaired) electrons. The second kappa shape index (κ2) is 6.88. The molecule has 0 aromatic carbocycles. The number of likely N-dealkylation sites (tertiary alicyclic amines) is 2. The largest absolute Gasteiger partial charge is 0.337 e. The second-order valence-corrected chi connectivity index (χ2v) is 7.20. The summed E-state index contributed by atoms with van der Waals surface area (Å²) < 4.78 is 0. The molecule has 25 heavy (non-hydrogen) atoms. The molecule has 2 fully saturated rings. The Hall–Kier alpha value is -2.34. The molecule has 6 nitrogen and oxygen atoms in total. The van der Waals surface area contributed by atoms with Crippen molar-refractivity contribution in [2.24, 2.45) is 5.41 Å². The van der Waals surface area contributed by atoms with Gasteiger partial charge in [0, 0.05) is 51.0 Å². The maximum absolute atomic E-state index is 12.5. The lowest BCUT2D eigenvalue weighted by atomic mass is 9.77. The van der Waals surface area contributed by atoms with Crippen LogP contribution >= 0.6 is 0 Å². The van der Waals surface area contributed by atoms with Crippen LogP contribution in [0, 0.1) is 5.41 Å². The third-order valence-corrected chi connectivity index (χ3v) is 5.54. The van der Waals surface area contributed by atoms with Crippen LogP contribution in [0.2, 0.25) is 0 Å². The molecule has 0 atom stereocenters. The zero-order valence-corrected chi connectivity index (χ0v) is 14.3. The van der Waals surface area contributed by atoms with Crippen molar-refractivity contribution in [3.05, 3.63) is 54.4 Å². The number of carbonyl (C=O) groups is 1. The first-order valence-corrected chi connectivity index (χ1v) is 8.91. The van der Waals surface area contributed by atoms with Crippen LogP contribution in [0.5, 0.6) is 0 Å². The first-order valence-electron chi connectivity index (χ1n) is 8.91. The van der Waals surface area contributed by atoms with Crippen molar-refractivity contribution in [1.29, 1.82) is 0 Å². The summed E-state index contributed by atoms with van der Waals surface area (Å²) in [7, 11) is 0. The van der Waals surface area contributed by atoms with Crippen LogP contribution in [0.1, 0.15) is 35.3 Å². The van der Waals surface area contributed by atoms with Crippen molar-refractivity contribution in [3.8, 4) is 0 Å². The predicted octanol–water partition coefficient (Wildman–Crippen LogP) is 2.00. The first kappa shape index (κ1) is 16.1. The maximum Gasteiger partial charge on any atom is 0.274 e. The molecule has 1 spiro atoms. The van der Waals surface area contributed by atoms with E-state index in [1.54, 1.807) is 18.6 Å². The zero-order chi connectivity index (χ0) is 17.1. The number of carbonyl (C=O) groups excluding carboxylic acids is 1. The lowest BCUT2D eigenvalue weighted by molar-refractivity contribution is 0.0582. The number of hydrogen-bond donors (Lipinski definition) is 0. The van der Waals surface area contributed by atoms with Gasteiger partial charge in [-0.2, -0.15) is 0 Å². The summed E-state index contributed by atoms with van der Waals surface area (Å²) in [6.07, 6.45) is 11.9. The molecule has 0 saturated carbocycles. The molecule has 130 valence electrons. The van der Waals surface area contributed by atoms with Crippen molar-refractivity contribution in [2.45, 2.75) is 25.8 Å². The van der Waals surface area contributed by atoms with Gasteiger partial charge >= 0.3 is 0 Å². The van der Waals surface area contributed by atoms with E-state index in [0.717, 1.165) is 45.6 Å². The quantitative estimate of drug-likeness (QED) is 0.857. The van der Waals surface area contributed by atoms with Crippen LogP contribution in [0.4, 0.5) is 0 Å². The molecule has 2 aromatic heterocycles. The third kappa shape index (κ3) is 3.54. The first-order chi connectivity index (χ1) is 12.2. The van der Waals surface area contributed by atoms with Crippen LogP contribution in [-0.4, -0.2) is 56.8 Å². The summed E-state index contributed by atoms with van der Waals surface area (Å²) in [4.78, 5) is 29.3. The van der Waals surface area contributed by atoms with E-state index >= 15 is 0 Å². The van der Waals surface area contributed by atoms with Crippen molar-refractivity contribution in [3.63, 3.8) is 0 Å². The average Bonchev–Trinajstić information content (AvgIpc) is 3.05. The third-order valence-electron chi connectivity index (χ3n) is 5.54. The van der Waals surface area contributed by atoms with Gasteiger partial charge in [-0.25, -0.2) is 4.98 Å². The molecule has 6 heteroatoms. The van der Waals surface area contributed by atoms with Gasteiger partial charge in [-0.3, -0.25) is 19.7 Å². The number of piperidine rings is 1. The fraction of sp³-hybridized carbons (Fsp3) is 0.474. The minimum absolute atomic E-state index is 0.00756. The summed E-state index contributed by atoms with van der Waals surface area (Å²) in [5, 5.41) is 0. The highest BCUT2D eigenvalue weighted by Gasteiger charge is 2.41. The van der Waals surface area contributed by atoms with E-state index in [1.807, 2.05) is 23.4 Å². The Bertz CT molecular complexity index is 713. The van der Waals surface area contributed by atoms with E-state index < -0.39 is 0 Å². The van der Waals surface area contributed by atoms with Gasteiger partial charge in [-0.05, 0) is 42.9 Å². The topological polar surface area (TPSA) is 62.2 Å². The van der Waals surface area contributed by atoms with Gasteiger partial charge in [0.25, 0.3) is 5.91 Å². The minimum Gasteiger partial charge on any atom is -0.337 e. The number of pyridine rings is 1. The van der Waals surface area contributed by atoms with Crippen LogP contribution in [0.15, 0.2) is 43.1 Å². The molecule has 2 aromatic rings. The van der Waals surface area contributed by atoms with Crippen molar-refractivity contribution in [1.82, 2.24) is 24.8 Å². The van der Waals surface area contributed by atoms with Crippen LogP contribution in [0.3, 0.4) is 0 Å².